The fourth-order valence-electron chi connectivity index (χ4n) is 0.872. The Hall–Kier alpha value is -0.580. The maximum Gasteiger partial charge on any atom is 0.178 e. The Bertz CT molecular complexity index is 359. The lowest BCUT2D eigenvalue weighted by molar-refractivity contribution is 0.970. The minimum absolute atomic E-state index is 0.367. The Balaban J connectivity index is 2.40. The molecular formula is C7H5Cl2N3S. The Kier molecular flexibility index (Phi) is 2.53. The molecule has 0 saturated carbocycles. The van der Waals surface area contributed by atoms with Crippen LogP contribution < -0.4 is 0 Å². The monoisotopic (exact) mass is 233 g/mol. The van der Waals surface area contributed by atoms with E-state index in [-0.39, 0.29) is 0 Å². The van der Waals surface area contributed by atoms with Crippen molar-refractivity contribution in [2.75, 3.05) is 0 Å². The summed E-state index contributed by atoms with van der Waals surface area (Å²) in [6.07, 6.45) is 1.73. The van der Waals surface area contributed by atoms with Gasteiger partial charge in [0.25, 0.3) is 0 Å². The molecule has 1 atom stereocenters. The largest absolute Gasteiger partial charge is 0.258 e. The summed E-state index contributed by atoms with van der Waals surface area (Å²) in [4.78, 5) is 12.1. The molecule has 0 aliphatic carbocycles. The number of nitrogens with zero attached hydrogens (tertiary/aromatic N) is 3. The van der Waals surface area contributed by atoms with E-state index in [0.29, 0.717) is 15.5 Å². The molecule has 0 aromatic carbocycles. The number of aliphatic imine (C=N–C) groups is 1. The minimum Gasteiger partial charge on any atom is -0.258 e. The molecule has 6 heteroatoms. The predicted octanol–water partition coefficient (Wildman–Crippen LogP) is 2.66. The zero-order valence-electron chi connectivity index (χ0n) is 6.35. The van der Waals surface area contributed by atoms with Crippen LogP contribution in [-0.2, 0) is 0 Å². The average Bonchev–Trinajstić information content (AvgIpc) is 2.53. The summed E-state index contributed by atoms with van der Waals surface area (Å²) in [5.74, 6) is 0. The standard InChI is InChI=1S/C7H5Cl2N3S/c8-5-3-6(9)12-7(11-5)13-2-1-10-4-13/h1-4,13H. The van der Waals surface area contributed by atoms with Gasteiger partial charge in [-0.3, -0.25) is 4.99 Å². The molecule has 0 N–H and O–H groups in total. The highest BCUT2D eigenvalue weighted by atomic mass is 35.5. The second kappa shape index (κ2) is 3.65. The van der Waals surface area contributed by atoms with Crippen molar-refractivity contribution < 1.29 is 0 Å². The van der Waals surface area contributed by atoms with Gasteiger partial charge in [0.1, 0.15) is 10.3 Å². The van der Waals surface area contributed by atoms with Crippen molar-refractivity contribution in [3.63, 3.8) is 0 Å². The van der Waals surface area contributed by atoms with Crippen molar-refractivity contribution in [2.24, 2.45) is 4.99 Å². The average molecular weight is 234 g/mol. The van der Waals surface area contributed by atoms with E-state index in [1.807, 2.05) is 5.41 Å². The molecule has 1 aromatic rings. The molecule has 13 heavy (non-hydrogen) atoms. The normalized spacial score (nSPS) is 22.5. The molecule has 0 fully saturated rings. The SMILES string of the molecule is Clc1cc(Cl)nc([SH]2C=CN=C2)n1. The zero-order valence-corrected chi connectivity index (χ0v) is 8.76. The third-order valence-electron chi connectivity index (χ3n) is 1.39. The van der Waals surface area contributed by atoms with E-state index in [9.17, 15) is 0 Å². The fourth-order valence-corrected chi connectivity index (χ4v) is 2.61. The van der Waals surface area contributed by atoms with Gasteiger partial charge in [-0.05, 0) is 5.41 Å². The van der Waals surface area contributed by atoms with Gasteiger partial charge in [0.15, 0.2) is 5.16 Å². The number of hydrogen-bond acceptors (Lipinski definition) is 3. The second-order valence-electron chi connectivity index (χ2n) is 2.28. The van der Waals surface area contributed by atoms with Crippen molar-refractivity contribution >= 4 is 39.6 Å². The highest BCUT2D eigenvalue weighted by molar-refractivity contribution is 8.30. The number of thiol groups is 1. The van der Waals surface area contributed by atoms with Crippen molar-refractivity contribution in [2.45, 2.75) is 5.16 Å². The molecule has 68 valence electrons. The van der Waals surface area contributed by atoms with Gasteiger partial charge in [0.2, 0.25) is 0 Å². The van der Waals surface area contributed by atoms with Crippen molar-refractivity contribution in [3.8, 4) is 0 Å². The molecular weight excluding hydrogens is 229 g/mol. The lowest BCUT2D eigenvalue weighted by atomic mass is 10.7. The summed E-state index contributed by atoms with van der Waals surface area (Å²) in [5, 5.41) is 3.32. The van der Waals surface area contributed by atoms with E-state index < -0.39 is 10.9 Å². The first kappa shape index (κ1) is 8.99. The van der Waals surface area contributed by atoms with Gasteiger partial charge in [0.05, 0.1) is 5.55 Å². The van der Waals surface area contributed by atoms with Gasteiger partial charge < -0.3 is 0 Å². The van der Waals surface area contributed by atoms with Crippen LogP contribution in [-0.4, -0.2) is 15.5 Å². The molecule has 2 heterocycles. The summed E-state index contributed by atoms with van der Waals surface area (Å²) < 4.78 is 0. The first-order valence-corrected chi connectivity index (χ1v) is 5.68. The highest BCUT2D eigenvalue weighted by Crippen LogP contribution is 2.35. The molecule has 1 aliphatic rings. The zero-order chi connectivity index (χ0) is 9.26. The quantitative estimate of drug-likeness (QED) is 0.460. The summed E-state index contributed by atoms with van der Waals surface area (Å²) in [6, 6.07) is 1.51. The van der Waals surface area contributed by atoms with Crippen LogP contribution >= 0.6 is 34.1 Å². The van der Waals surface area contributed by atoms with Gasteiger partial charge >= 0.3 is 0 Å². The van der Waals surface area contributed by atoms with Gasteiger partial charge in [0, 0.05) is 12.3 Å². The first-order valence-electron chi connectivity index (χ1n) is 3.44. The van der Waals surface area contributed by atoms with Crippen molar-refractivity contribution in [1.29, 1.82) is 0 Å². The van der Waals surface area contributed by atoms with Crippen LogP contribution in [0.2, 0.25) is 10.3 Å². The van der Waals surface area contributed by atoms with Crippen molar-refractivity contribution in [3.05, 3.63) is 28.0 Å². The molecule has 3 nitrogen and oxygen atoms in total. The first-order chi connectivity index (χ1) is 6.25. The Morgan fingerprint density at radius 1 is 1.15 bits per heavy atom. The molecule has 1 aromatic heterocycles. The number of hydrogen-bond donors (Lipinski definition) is 1. The summed E-state index contributed by atoms with van der Waals surface area (Å²) in [6.45, 7) is 0. The summed E-state index contributed by atoms with van der Waals surface area (Å²) in [7, 11) is -0.636. The maximum absolute atomic E-state index is 5.73. The summed E-state index contributed by atoms with van der Waals surface area (Å²) in [5.41, 5.74) is 1.80. The van der Waals surface area contributed by atoms with Crippen LogP contribution in [0.25, 0.3) is 0 Å². The molecule has 0 spiro atoms. The van der Waals surface area contributed by atoms with Gasteiger partial charge in [-0.25, -0.2) is 9.97 Å². The summed E-state index contributed by atoms with van der Waals surface area (Å²) >= 11 is 11.5. The lowest BCUT2D eigenvalue weighted by Crippen LogP contribution is -1.91. The van der Waals surface area contributed by atoms with E-state index >= 15 is 0 Å². The minimum atomic E-state index is -0.636. The molecule has 1 aliphatic heterocycles. The Labute approximate surface area is 87.9 Å². The Morgan fingerprint density at radius 3 is 2.38 bits per heavy atom. The Morgan fingerprint density at radius 2 is 1.85 bits per heavy atom. The van der Waals surface area contributed by atoms with Crippen LogP contribution in [0, 0.1) is 0 Å². The van der Waals surface area contributed by atoms with Crippen molar-refractivity contribution in [1.82, 2.24) is 9.97 Å². The van der Waals surface area contributed by atoms with Crippen LogP contribution in [0.4, 0.5) is 0 Å². The predicted molar refractivity (Wildman–Crippen MR) is 56.9 cm³/mol. The molecule has 0 radical (unpaired) electrons. The van der Waals surface area contributed by atoms with Gasteiger partial charge in [-0.15, -0.1) is 10.9 Å². The molecule has 1 unspecified atom stereocenters. The van der Waals surface area contributed by atoms with Gasteiger partial charge in [-0.2, -0.15) is 0 Å². The van der Waals surface area contributed by atoms with Crippen LogP contribution in [0.3, 0.4) is 0 Å². The second-order valence-corrected chi connectivity index (χ2v) is 4.80. The number of rotatable bonds is 1. The maximum atomic E-state index is 5.73. The number of halogens is 2. The van der Waals surface area contributed by atoms with E-state index in [0.717, 1.165) is 0 Å². The van der Waals surface area contributed by atoms with Gasteiger partial charge in [-0.1, -0.05) is 23.2 Å². The highest BCUT2D eigenvalue weighted by Gasteiger charge is 2.09. The van der Waals surface area contributed by atoms with E-state index in [1.165, 1.54) is 6.07 Å². The molecule has 0 saturated heterocycles. The van der Waals surface area contributed by atoms with Crippen LogP contribution in [0.1, 0.15) is 0 Å². The molecule has 0 amide bonds. The fraction of sp³-hybridized carbons (Fsp3) is 0. The van der Waals surface area contributed by atoms with E-state index in [1.54, 1.807) is 11.7 Å². The van der Waals surface area contributed by atoms with E-state index in [2.05, 4.69) is 15.0 Å². The smallest absolute Gasteiger partial charge is 0.178 e. The lowest BCUT2D eigenvalue weighted by Gasteiger charge is -2.06. The van der Waals surface area contributed by atoms with Crippen LogP contribution in [0.5, 0.6) is 0 Å². The van der Waals surface area contributed by atoms with E-state index in [4.69, 9.17) is 23.2 Å². The topological polar surface area (TPSA) is 38.1 Å². The van der Waals surface area contributed by atoms with Crippen LogP contribution in [0.15, 0.2) is 27.8 Å². The molecule has 2 rings (SSSR count). The number of aromatic nitrogens is 2. The third kappa shape index (κ3) is 2.02. The molecule has 0 bridgehead atoms. The third-order valence-corrected chi connectivity index (χ3v) is 3.27.